The summed E-state index contributed by atoms with van der Waals surface area (Å²) in [7, 11) is 0. The number of halogens is 1. The molecule has 0 amide bonds. The molecule has 5 nitrogen and oxygen atoms in total. The van der Waals surface area contributed by atoms with Gasteiger partial charge < -0.3 is 5.73 Å². The predicted molar refractivity (Wildman–Crippen MR) is 49.3 cm³/mol. The van der Waals surface area contributed by atoms with Crippen LogP contribution in [0.5, 0.6) is 0 Å². The normalized spacial score (nSPS) is 11.0. The number of aromatic amines is 1. The molecule has 0 aliphatic carbocycles. The minimum absolute atomic E-state index is 0.278. The lowest BCUT2D eigenvalue weighted by molar-refractivity contribution is 0.925. The van der Waals surface area contributed by atoms with Crippen molar-refractivity contribution in [3.05, 3.63) is 16.7 Å². The number of hydrogen-bond donors (Lipinski definition) is 2. The Morgan fingerprint density at radius 1 is 1.38 bits per heavy atom. The first-order chi connectivity index (χ1) is 6.22. The zero-order valence-corrected chi connectivity index (χ0v) is 7.76. The molecule has 0 saturated carbocycles. The van der Waals surface area contributed by atoms with Crippen LogP contribution in [0.3, 0.4) is 0 Å². The van der Waals surface area contributed by atoms with E-state index in [0.29, 0.717) is 16.5 Å². The van der Waals surface area contributed by atoms with Crippen LogP contribution in [0.2, 0.25) is 5.15 Å². The number of fused-ring (bicyclic) bond motifs is 1. The first kappa shape index (κ1) is 8.40. The van der Waals surface area contributed by atoms with Crippen molar-refractivity contribution >= 4 is 22.6 Å². The second kappa shape index (κ2) is 2.93. The molecule has 0 fully saturated rings. The number of hydrogen-bond acceptors (Lipinski definition) is 4. The lowest BCUT2D eigenvalue weighted by Gasteiger charge is -1.96. The highest BCUT2D eigenvalue weighted by atomic mass is 35.5. The summed E-state index contributed by atoms with van der Waals surface area (Å²) < 4.78 is 0. The maximum Gasteiger partial charge on any atom is 0.160 e. The molecular weight excluding hydrogens is 190 g/mol. The van der Waals surface area contributed by atoms with Gasteiger partial charge in [-0.25, -0.2) is 9.97 Å². The summed E-state index contributed by atoms with van der Waals surface area (Å²) in [5.41, 5.74) is 7.61. The van der Waals surface area contributed by atoms with E-state index in [2.05, 4.69) is 20.2 Å². The quantitative estimate of drug-likeness (QED) is 0.662. The Bertz CT molecular complexity index is 449. The van der Waals surface area contributed by atoms with Crippen molar-refractivity contribution in [2.24, 2.45) is 5.73 Å². The Morgan fingerprint density at radius 2 is 2.15 bits per heavy atom. The molecule has 0 unspecified atom stereocenters. The number of aromatic nitrogens is 4. The maximum atomic E-state index is 5.87. The lowest BCUT2D eigenvalue weighted by atomic mass is 10.3. The van der Waals surface area contributed by atoms with Crippen molar-refractivity contribution in [3.63, 3.8) is 0 Å². The van der Waals surface area contributed by atoms with Crippen molar-refractivity contribution in [1.29, 1.82) is 0 Å². The van der Waals surface area contributed by atoms with Gasteiger partial charge in [0, 0.05) is 0 Å². The van der Waals surface area contributed by atoms with Gasteiger partial charge in [-0.3, -0.25) is 5.10 Å². The van der Waals surface area contributed by atoms with Crippen molar-refractivity contribution in [3.8, 4) is 0 Å². The molecule has 2 aromatic heterocycles. The van der Waals surface area contributed by atoms with Gasteiger partial charge in [-0.2, -0.15) is 5.10 Å². The molecule has 13 heavy (non-hydrogen) atoms. The molecule has 0 aliphatic rings. The molecule has 2 rings (SSSR count). The zero-order chi connectivity index (χ0) is 9.42. The van der Waals surface area contributed by atoms with E-state index in [4.69, 9.17) is 17.3 Å². The molecule has 0 saturated heterocycles. The molecule has 0 spiro atoms. The van der Waals surface area contributed by atoms with Gasteiger partial charge in [0.2, 0.25) is 0 Å². The van der Waals surface area contributed by atoms with Crippen molar-refractivity contribution in [2.45, 2.75) is 13.5 Å². The van der Waals surface area contributed by atoms with Crippen LogP contribution in [-0.2, 0) is 6.54 Å². The average Bonchev–Trinajstić information content (AvgIpc) is 2.48. The first-order valence-electron chi connectivity index (χ1n) is 3.79. The van der Waals surface area contributed by atoms with Crippen LogP contribution in [0.4, 0.5) is 0 Å². The summed E-state index contributed by atoms with van der Waals surface area (Å²) in [6, 6.07) is 0. The van der Waals surface area contributed by atoms with E-state index < -0.39 is 0 Å². The number of nitrogens with two attached hydrogens (primary N) is 1. The molecule has 0 radical (unpaired) electrons. The molecule has 68 valence electrons. The molecule has 0 aliphatic heterocycles. The molecule has 2 aromatic rings. The van der Waals surface area contributed by atoms with E-state index in [9.17, 15) is 0 Å². The summed E-state index contributed by atoms with van der Waals surface area (Å²) >= 11 is 5.87. The smallest absolute Gasteiger partial charge is 0.160 e. The predicted octanol–water partition coefficient (Wildman–Crippen LogP) is 0.773. The van der Waals surface area contributed by atoms with Gasteiger partial charge in [-0.1, -0.05) is 11.6 Å². The van der Waals surface area contributed by atoms with Crippen molar-refractivity contribution < 1.29 is 0 Å². The van der Waals surface area contributed by atoms with Crippen LogP contribution < -0.4 is 5.73 Å². The van der Waals surface area contributed by atoms with Crippen LogP contribution in [0.25, 0.3) is 11.0 Å². The molecular formula is C7H8ClN5. The van der Waals surface area contributed by atoms with Gasteiger partial charge in [0.15, 0.2) is 5.15 Å². The molecule has 0 aromatic carbocycles. The van der Waals surface area contributed by atoms with Gasteiger partial charge in [0.05, 0.1) is 12.2 Å². The molecule has 2 heterocycles. The highest BCUT2D eigenvalue weighted by molar-refractivity contribution is 6.33. The second-order valence-corrected chi connectivity index (χ2v) is 3.04. The summed E-state index contributed by atoms with van der Waals surface area (Å²) in [6.45, 7) is 2.15. The minimum atomic E-state index is 0.278. The Balaban J connectivity index is 2.80. The van der Waals surface area contributed by atoms with Crippen molar-refractivity contribution in [2.75, 3.05) is 0 Å². The maximum absolute atomic E-state index is 5.87. The van der Waals surface area contributed by atoms with Crippen LogP contribution in [0, 0.1) is 6.92 Å². The number of rotatable bonds is 1. The van der Waals surface area contributed by atoms with Gasteiger partial charge in [-0.15, -0.1) is 0 Å². The van der Waals surface area contributed by atoms with E-state index in [1.807, 2.05) is 6.92 Å². The van der Waals surface area contributed by atoms with E-state index in [0.717, 1.165) is 11.2 Å². The first-order valence-corrected chi connectivity index (χ1v) is 4.17. The number of nitrogens with one attached hydrogen (secondary N) is 1. The highest BCUT2D eigenvalue weighted by Crippen LogP contribution is 2.19. The van der Waals surface area contributed by atoms with Gasteiger partial charge in [0.1, 0.15) is 16.9 Å². The average molecular weight is 198 g/mol. The molecule has 6 heteroatoms. The topological polar surface area (TPSA) is 80.5 Å². The Labute approximate surface area is 79.3 Å². The third-order valence-electron chi connectivity index (χ3n) is 1.76. The fourth-order valence-corrected chi connectivity index (χ4v) is 1.34. The Kier molecular flexibility index (Phi) is 1.90. The molecule has 0 bridgehead atoms. The van der Waals surface area contributed by atoms with Gasteiger partial charge >= 0.3 is 0 Å². The highest BCUT2D eigenvalue weighted by Gasteiger charge is 2.09. The molecule has 3 N–H and O–H groups in total. The standard InChI is InChI=1S/C7H8ClN5/c1-3-5-6(13-12-3)7(8)11-4(2-9)10-5/h2,9H2,1H3,(H,12,13). The third kappa shape index (κ3) is 1.26. The Hall–Kier alpha value is -1.20. The fourth-order valence-electron chi connectivity index (χ4n) is 1.12. The number of nitrogens with zero attached hydrogens (tertiary/aromatic N) is 3. The van der Waals surface area contributed by atoms with E-state index in [1.54, 1.807) is 0 Å². The largest absolute Gasteiger partial charge is 0.324 e. The summed E-state index contributed by atoms with van der Waals surface area (Å²) in [4.78, 5) is 8.18. The van der Waals surface area contributed by atoms with E-state index in [-0.39, 0.29) is 6.54 Å². The van der Waals surface area contributed by atoms with E-state index >= 15 is 0 Å². The summed E-state index contributed by atoms with van der Waals surface area (Å²) in [5.74, 6) is 0.530. The van der Waals surface area contributed by atoms with Crippen LogP contribution in [-0.4, -0.2) is 20.2 Å². The van der Waals surface area contributed by atoms with Gasteiger partial charge in [0.25, 0.3) is 0 Å². The zero-order valence-electron chi connectivity index (χ0n) is 7.00. The summed E-state index contributed by atoms with van der Waals surface area (Å²) in [5, 5.41) is 7.10. The lowest BCUT2D eigenvalue weighted by Crippen LogP contribution is -2.03. The van der Waals surface area contributed by atoms with Crippen molar-refractivity contribution in [1.82, 2.24) is 20.2 Å². The van der Waals surface area contributed by atoms with E-state index in [1.165, 1.54) is 0 Å². The number of H-pyrrole nitrogens is 1. The third-order valence-corrected chi connectivity index (χ3v) is 2.02. The van der Waals surface area contributed by atoms with Crippen LogP contribution >= 0.6 is 11.6 Å². The minimum Gasteiger partial charge on any atom is -0.324 e. The Morgan fingerprint density at radius 3 is 2.85 bits per heavy atom. The fraction of sp³-hybridized carbons (Fsp3) is 0.286. The van der Waals surface area contributed by atoms with Crippen LogP contribution in [0.1, 0.15) is 11.5 Å². The number of aryl methyl sites for hydroxylation is 1. The second-order valence-electron chi connectivity index (χ2n) is 2.68. The monoisotopic (exact) mass is 197 g/mol. The van der Waals surface area contributed by atoms with Gasteiger partial charge in [-0.05, 0) is 6.92 Å². The summed E-state index contributed by atoms with van der Waals surface area (Å²) in [6.07, 6.45) is 0. The van der Waals surface area contributed by atoms with Crippen LogP contribution in [0.15, 0.2) is 0 Å². The molecule has 0 atom stereocenters. The SMILES string of the molecule is Cc1[nH]nc2c(Cl)nc(CN)nc12.